The van der Waals surface area contributed by atoms with Crippen LogP contribution in [0.3, 0.4) is 0 Å². The van der Waals surface area contributed by atoms with Gasteiger partial charge in [-0.05, 0) is 42.0 Å². The zero-order chi connectivity index (χ0) is 22.9. The van der Waals surface area contributed by atoms with Gasteiger partial charge in [0, 0.05) is 17.8 Å². The van der Waals surface area contributed by atoms with E-state index in [9.17, 15) is 27.6 Å². The predicted molar refractivity (Wildman–Crippen MR) is 109 cm³/mol. The number of fused-ring (bicyclic) bond motifs is 1. The van der Waals surface area contributed by atoms with Crippen LogP contribution in [-0.2, 0) is 15.8 Å². The van der Waals surface area contributed by atoms with E-state index in [-0.39, 0.29) is 17.9 Å². The highest BCUT2D eigenvalue weighted by molar-refractivity contribution is 6.06. The fourth-order valence-corrected chi connectivity index (χ4v) is 3.43. The first-order valence-corrected chi connectivity index (χ1v) is 9.48. The first-order valence-electron chi connectivity index (χ1n) is 9.48. The lowest BCUT2D eigenvalue weighted by Crippen LogP contribution is -2.31. The average molecular weight is 443 g/mol. The molecule has 0 saturated carbocycles. The van der Waals surface area contributed by atoms with Crippen LogP contribution in [0.4, 0.5) is 30.2 Å². The maximum Gasteiger partial charge on any atom is 0.418 e. The van der Waals surface area contributed by atoms with Crippen molar-refractivity contribution < 1.29 is 32.0 Å². The summed E-state index contributed by atoms with van der Waals surface area (Å²) in [7, 11) is 0. The van der Waals surface area contributed by atoms with Crippen molar-refractivity contribution in [2.24, 2.45) is 0 Å². The number of hydrogen-bond donors (Lipinski definition) is 3. The highest BCUT2D eigenvalue weighted by Gasteiger charge is 2.36. The van der Waals surface area contributed by atoms with Crippen molar-refractivity contribution >= 4 is 34.8 Å². The lowest BCUT2D eigenvalue weighted by molar-refractivity contribution is -0.137. The standard InChI is InChI=1S/C22H16F3N3O4/c23-22(24,25)15-10-12(26-21(31)18-6-3-9-32-18)7-8-17(15)28-20(30)14-11-19(29)27-16-5-2-1-4-13(14)16/h1-10,14H,11H2,(H,26,31)(H,27,29)(H,28,30)/t14-/m0/s1. The molecule has 164 valence electrons. The van der Waals surface area contributed by atoms with E-state index in [1.54, 1.807) is 24.3 Å². The summed E-state index contributed by atoms with van der Waals surface area (Å²) in [6.07, 6.45) is -3.74. The Morgan fingerprint density at radius 3 is 2.53 bits per heavy atom. The first kappa shape index (κ1) is 21.2. The number of benzene rings is 2. The second-order valence-electron chi connectivity index (χ2n) is 7.07. The molecule has 0 aliphatic carbocycles. The lowest BCUT2D eigenvalue weighted by Gasteiger charge is -2.25. The van der Waals surface area contributed by atoms with Crippen LogP contribution in [0.2, 0.25) is 0 Å². The van der Waals surface area contributed by atoms with Crippen LogP contribution in [0.5, 0.6) is 0 Å². The largest absolute Gasteiger partial charge is 0.459 e. The number of nitrogens with one attached hydrogen (secondary N) is 3. The molecule has 0 fully saturated rings. The molecular weight excluding hydrogens is 427 g/mol. The van der Waals surface area contributed by atoms with E-state index in [2.05, 4.69) is 16.0 Å². The van der Waals surface area contributed by atoms with Gasteiger partial charge in [-0.1, -0.05) is 18.2 Å². The van der Waals surface area contributed by atoms with Crippen LogP contribution in [0.1, 0.15) is 34.0 Å². The Hall–Kier alpha value is -4.08. The molecule has 10 heteroatoms. The molecule has 0 bridgehead atoms. The number of carbonyl (C=O) groups excluding carboxylic acids is 3. The second kappa shape index (κ2) is 8.22. The predicted octanol–water partition coefficient (Wildman–Crippen LogP) is 4.62. The summed E-state index contributed by atoms with van der Waals surface area (Å²) in [6.45, 7) is 0. The maximum atomic E-state index is 13.7. The molecule has 3 aromatic rings. The SMILES string of the molecule is O=C1C[C@H](C(=O)Nc2ccc(NC(=O)c3ccco3)cc2C(F)(F)F)c2ccccc2N1. The van der Waals surface area contributed by atoms with E-state index < -0.39 is 41.1 Å². The van der Waals surface area contributed by atoms with Crippen molar-refractivity contribution in [3.05, 3.63) is 77.7 Å². The summed E-state index contributed by atoms with van der Waals surface area (Å²) in [5.74, 6) is -2.88. The first-order chi connectivity index (χ1) is 15.2. The van der Waals surface area contributed by atoms with Gasteiger partial charge < -0.3 is 20.4 Å². The Bertz CT molecular complexity index is 1190. The summed E-state index contributed by atoms with van der Waals surface area (Å²) in [5, 5.41) is 7.24. The number of hydrogen-bond acceptors (Lipinski definition) is 4. The maximum absolute atomic E-state index is 13.7. The molecule has 1 aromatic heterocycles. The third-order valence-electron chi connectivity index (χ3n) is 4.90. The van der Waals surface area contributed by atoms with Gasteiger partial charge in [-0.2, -0.15) is 13.2 Å². The van der Waals surface area contributed by atoms with Crippen LogP contribution >= 0.6 is 0 Å². The van der Waals surface area contributed by atoms with E-state index >= 15 is 0 Å². The van der Waals surface area contributed by atoms with Gasteiger partial charge >= 0.3 is 6.18 Å². The highest BCUT2D eigenvalue weighted by Crippen LogP contribution is 2.38. The number of anilines is 3. The van der Waals surface area contributed by atoms with Gasteiger partial charge in [0.2, 0.25) is 11.8 Å². The van der Waals surface area contributed by atoms with Gasteiger partial charge in [-0.3, -0.25) is 14.4 Å². The monoisotopic (exact) mass is 443 g/mol. The van der Waals surface area contributed by atoms with Crippen molar-refractivity contribution in [1.82, 2.24) is 0 Å². The smallest absolute Gasteiger partial charge is 0.418 e. The molecule has 1 aliphatic rings. The van der Waals surface area contributed by atoms with Crippen LogP contribution in [0, 0.1) is 0 Å². The van der Waals surface area contributed by atoms with Crippen molar-refractivity contribution in [3.8, 4) is 0 Å². The summed E-state index contributed by atoms with van der Waals surface area (Å²) < 4.78 is 46.0. The summed E-state index contributed by atoms with van der Waals surface area (Å²) >= 11 is 0. The van der Waals surface area contributed by atoms with Crippen molar-refractivity contribution in [1.29, 1.82) is 0 Å². The van der Waals surface area contributed by atoms with E-state index in [0.29, 0.717) is 11.3 Å². The molecule has 4 rings (SSSR count). The number of para-hydroxylation sites is 1. The Labute approximate surface area is 179 Å². The molecule has 0 spiro atoms. The highest BCUT2D eigenvalue weighted by atomic mass is 19.4. The van der Waals surface area contributed by atoms with Gasteiger partial charge in [0.1, 0.15) is 0 Å². The van der Waals surface area contributed by atoms with Gasteiger partial charge in [0.25, 0.3) is 5.91 Å². The summed E-state index contributed by atoms with van der Waals surface area (Å²) in [6, 6.07) is 12.4. The number of carbonyl (C=O) groups is 3. The molecule has 0 radical (unpaired) electrons. The number of alkyl halides is 3. The van der Waals surface area contributed by atoms with Gasteiger partial charge in [-0.25, -0.2) is 0 Å². The Balaban J connectivity index is 1.60. The zero-order valence-corrected chi connectivity index (χ0v) is 16.3. The number of rotatable bonds is 4. The minimum absolute atomic E-state index is 0.0646. The summed E-state index contributed by atoms with van der Waals surface area (Å²) in [4.78, 5) is 36.8. The molecular formula is C22H16F3N3O4. The average Bonchev–Trinajstić information content (AvgIpc) is 3.28. The Kier molecular flexibility index (Phi) is 5.43. The number of furan rings is 1. The molecule has 0 unspecified atom stereocenters. The minimum Gasteiger partial charge on any atom is -0.459 e. The Morgan fingerprint density at radius 1 is 1.03 bits per heavy atom. The van der Waals surface area contributed by atoms with E-state index in [4.69, 9.17) is 4.42 Å². The zero-order valence-electron chi connectivity index (χ0n) is 16.3. The molecule has 2 aromatic carbocycles. The van der Waals surface area contributed by atoms with Crippen molar-refractivity contribution in [2.75, 3.05) is 16.0 Å². The van der Waals surface area contributed by atoms with E-state index in [0.717, 1.165) is 12.1 Å². The number of amides is 3. The summed E-state index contributed by atoms with van der Waals surface area (Å²) in [5.41, 5.74) is -0.797. The minimum atomic E-state index is -4.81. The molecule has 1 atom stereocenters. The fourth-order valence-electron chi connectivity index (χ4n) is 3.43. The van der Waals surface area contributed by atoms with E-state index in [1.807, 2.05) is 0 Å². The normalized spacial score (nSPS) is 15.5. The molecule has 3 amide bonds. The molecule has 2 heterocycles. The molecule has 0 saturated heterocycles. The third kappa shape index (κ3) is 4.34. The second-order valence-corrected chi connectivity index (χ2v) is 7.07. The van der Waals surface area contributed by atoms with Crippen LogP contribution in [-0.4, -0.2) is 17.7 Å². The lowest BCUT2D eigenvalue weighted by atomic mass is 9.89. The topological polar surface area (TPSA) is 100 Å². The molecule has 1 aliphatic heterocycles. The molecule has 32 heavy (non-hydrogen) atoms. The van der Waals surface area contributed by atoms with Gasteiger partial charge in [0.15, 0.2) is 5.76 Å². The van der Waals surface area contributed by atoms with Gasteiger partial charge in [0.05, 0.1) is 23.4 Å². The Morgan fingerprint density at radius 2 is 1.81 bits per heavy atom. The van der Waals surface area contributed by atoms with Crippen LogP contribution in [0.15, 0.2) is 65.3 Å². The van der Waals surface area contributed by atoms with E-state index in [1.165, 1.54) is 24.5 Å². The quantitative estimate of drug-likeness (QED) is 0.548. The molecule has 3 N–H and O–H groups in total. The van der Waals surface area contributed by atoms with Crippen molar-refractivity contribution in [3.63, 3.8) is 0 Å². The van der Waals surface area contributed by atoms with Crippen LogP contribution in [0.25, 0.3) is 0 Å². The molecule has 7 nitrogen and oxygen atoms in total. The third-order valence-corrected chi connectivity index (χ3v) is 4.90. The fraction of sp³-hybridized carbons (Fsp3) is 0.136. The number of halogens is 3. The van der Waals surface area contributed by atoms with Crippen molar-refractivity contribution in [2.45, 2.75) is 18.5 Å². The van der Waals surface area contributed by atoms with Crippen LogP contribution < -0.4 is 16.0 Å². The van der Waals surface area contributed by atoms with Gasteiger partial charge in [-0.15, -0.1) is 0 Å².